The number of hydrogen-bond donors (Lipinski definition) is 2. The summed E-state index contributed by atoms with van der Waals surface area (Å²) < 4.78 is 26.7. The maximum absolute atomic E-state index is 11.9. The van der Waals surface area contributed by atoms with E-state index in [4.69, 9.17) is 5.73 Å². The molecular formula is C10H19N3O2S2. The van der Waals surface area contributed by atoms with Crippen molar-refractivity contribution in [3.63, 3.8) is 0 Å². The molecule has 0 saturated heterocycles. The number of rotatable bonds is 7. The minimum Gasteiger partial charge on any atom is -0.326 e. The number of sulfonamides is 1. The predicted molar refractivity (Wildman–Crippen MR) is 70.6 cm³/mol. The number of thiophene rings is 1. The molecular weight excluding hydrogens is 258 g/mol. The number of hydrogen-bond acceptors (Lipinski definition) is 5. The monoisotopic (exact) mass is 277 g/mol. The Labute approximate surface area is 107 Å². The molecule has 5 nitrogen and oxygen atoms in total. The zero-order chi connectivity index (χ0) is 12.9. The van der Waals surface area contributed by atoms with E-state index in [9.17, 15) is 8.42 Å². The van der Waals surface area contributed by atoms with Crippen LogP contribution in [-0.2, 0) is 16.6 Å². The van der Waals surface area contributed by atoms with Crippen LogP contribution in [0.25, 0.3) is 0 Å². The lowest BCUT2D eigenvalue weighted by Crippen LogP contribution is -2.32. The van der Waals surface area contributed by atoms with Gasteiger partial charge in [0, 0.05) is 24.5 Å². The smallest absolute Gasteiger partial charge is 0.250 e. The molecule has 1 aromatic heterocycles. The van der Waals surface area contributed by atoms with E-state index in [2.05, 4.69) is 4.72 Å². The molecule has 98 valence electrons. The standard InChI is InChI=1S/C10H19N3O2S2/c1-3-13(2)7-6-12-17(14,15)10-5-4-9(8-11)16-10/h4-5,12H,3,6-8,11H2,1-2H3. The fourth-order valence-corrected chi connectivity index (χ4v) is 3.51. The molecule has 1 rings (SSSR count). The second kappa shape index (κ2) is 6.46. The normalized spacial score (nSPS) is 12.2. The third-order valence-corrected chi connectivity index (χ3v) is 5.49. The van der Waals surface area contributed by atoms with Gasteiger partial charge in [-0.2, -0.15) is 0 Å². The molecule has 1 heterocycles. The van der Waals surface area contributed by atoms with Gasteiger partial charge >= 0.3 is 0 Å². The van der Waals surface area contributed by atoms with E-state index in [0.717, 1.165) is 11.4 Å². The molecule has 0 amide bonds. The van der Waals surface area contributed by atoms with Crippen molar-refractivity contribution < 1.29 is 8.42 Å². The van der Waals surface area contributed by atoms with Gasteiger partial charge in [0.1, 0.15) is 4.21 Å². The van der Waals surface area contributed by atoms with E-state index in [-0.39, 0.29) is 0 Å². The third-order valence-electron chi connectivity index (χ3n) is 2.43. The highest BCUT2D eigenvalue weighted by atomic mass is 32.2. The van der Waals surface area contributed by atoms with Crippen LogP contribution in [0.2, 0.25) is 0 Å². The number of nitrogens with zero attached hydrogens (tertiary/aromatic N) is 1. The van der Waals surface area contributed by atoms with Crippen LogP contribution in [0, 0.1) is 0 Å². The molecule has 1 aromatic rings. The van der Waals surface area contributed by atoms with Gasteiger partial charge in [0.05, 0.1) is 0 Å². The van der Waals surface area contributed by atoms with Crippen LogP contribution >= 0.6 is 11.3 Å². The fraction of sp³-hybridized carbons (Fsp3) is 0.600. The predicted octanol–water partition coefficient (Wildman–Crippen LogP) is 0.437. The fourth-order valence-electron chi connectivity index (χ4n) is 1.21. The van der Waals surface area contributed by atoms with Gasteiger partial charge in [-0.1, -0.05) is 6.92 Å². The molecule has 0 saturated carbocycles. The van der Waals surface area contributed by atoms with Crippen molar-refractivity contribution in [2.24, 2.45) is 5.73 Å². The van der Waals surface area contributed by atoms with Crippen LogP contribution < -0.4 is 10.5 Å². The molecule has 0 spiro atoms. The molecule has 0 fully saturated rings. The maximum atomic E-state index is 11.9. The van der Waals surface area contributed by atoms with Gasteiger partial charge in [-0.05, 0) is 25.7 Å². The summed E-state index contributed by atoms with van der Waals surface area (Å²) in [7, 11) is -1.42. The van der Waals surface area contributed by atoms with E-state index in [1.807, 2.05) is 18.9 Å². The molecule has 3 N–H and O–H groups in total. The van der Waals surface area contributed by atoms with Crippen molar-refractivity contribution in [3.05, 3.63) is 17.0 Å². The lowest BCUT2D eigenvalue weighted by atomic mass is 10.5. The van der Waals surface area contributed by atoms with Crippen molar-refractivity contribution in [2.45, 2.75) is 17.7 Å². The van der Waals surface area contributed by atoms with Crippen molar-refractivity contribution in [1.29, 1.82) is 0 Å². The Morgan fingerprint density at radius 3 is 2.71 bits per heavy atom. The topological polar surface area (TPSA) is 75.4 Å². The summed E-state index contributed by atoms with van der Waals surface area (Å²) in [5.41, 5.74) is 5.45. The van der Waals surface area contributed by atoms with Crippen molar-refractivity contribution in [1.82, 2.24) is 9.62 Å². The van der Waals surface area contributed by atoms with E-state index in [0.29, 0.717) is 23.8 Å². The van der Waals surface area contributed by atoms with Gasteiger partial charge < -0.3 is 10.6 Å². The Morgan fingerprint density at radius 2 is 2.18 bits per heavy atom. The summed E-state index contributed by atoms with van der Waals surface area (Å²) in [6.07, 6.45) is 0. The van der Waals surface area contributed by atoms with Gasteiger partial charge in [0.2, 0.25) is 10.0 Å². The zero-order valence-corrected chi connectivity index (χ0v) is 11.8. The summed E-state index contributed by atoms with van der Waals surface area (Å²) in [4.78, 5) is 2.92. The highest BCUT2D eigenvalue weighted by Gasteiger charge is 2.15. The highest BCUT2D eigenvalue weighted by molar-refractivity contribution is 7.91. The van der Waals surface area contributed by atoms with Crippen LogP contribution in [-0.4, -0.2) is 40.0 Å². The van der Waals surface area contributed by atoms with E-state index in [1.165, 1.54) is 11.3 Å². The molecule has 0 aliphatic heterocycles. The van der Waals surface area contributed by atoms with Crippen molar-refractivity contribution in [3.8, 4) is 0 Å². The molecule has 0 unspecified atom stereocenters. The number of nitrogens with one attached hydrogen (secondary N) is 1. The van der Waals surface area contributed by atoms with Crippen molar-refractivity contribution >= 4 is 21.4 Å². The second-order valence-corrected chi connectivity index (χ2v) is 6.88. The van der Waals surface area contributed by atoms with Crippen LogP contribution in [0.4, 0.5) is 0 Å². The summed E-state index contributed by atoms with van der Waals surface area (Å²) in [5.74, 6) is 0. The minimum atomic E-state index is -3.37. The first-order chi connectivity index (χ1) is 7.99. The number of nitrogens with two attached hydrogens (primary N) is 1. The second-order valence-electron chi connectivity index (χ2n) is 3.72. The number of likely N-dealkylation sites (N-methyl/N-ethyl adjacent to an activating group) is 1. The van der Waals surface area contributed by atoms with Crippen LogP contribution in [0.3, 0.4) is 0 Å². The van der Waals surface area contributed by atoms with Gasteiger partial charge in [0.15, 0.2) is 0 Å². The largest absolute Gasteiger partial charge is 0.326 e. The molecule has 0 aliphatic carbocycles. The summed E-state index contributed by atoms with van der Waals surface area (Å²) in [6.45, 7) is 4.42. The van der Waals surface area contributed by atoms with Gasteiger partial charge in [-0.25, -0.2) is 13.1 Å². The van der Waals surface area contributed by atoms with Crippen LogP contribution in [0.5, 0.6) is 0 Å². The maximum Gasteiger partial charge on any atom is 0.250 e. The first-order valence-corrected chi connectivity index (χ1v) is 7.76. The molecule has 0 aliphatic rings. The van der Waals surface area contributed by atoms with Crippen LogP contribution in [0.1, 0.15) is 11.8 Å². The summed E-state index contributed by atoms with van der Waals surface area (Å²) in [5, 5.41) is 0. The van der Waals surface area contributed by atoms with Crippen molar-refractivity contribution in [2.75, 3.05) is 26.7 Å². The van der Waals surface area contributed by atoms with E-state index in [1.54, 1.807) is 12.1 Å². The Balaban J connectivity index is 2.56. The first kappa shape index (κ1) is 14.6. The molecule has 0 bridgehead atoms. The quantitative estimate of drug-likeness (QED) is 0.758. The Morgan fingerprint density at radius 1 is 1.47 bits per heavy atom. The lowest BCUT2D eigenvalue weighted by Gasteiger charge is -2.13. The van der Waals surface area contributed by atoms with Gasteiger partial charge in [0.25, 0.3) is 0 Å². The Bertz CT molecular complexity index is 442. The molecule has 0 atom stereocenters. The van der Waals surface area contributed by atoms with Crippen LogP contribution in [0.15, 0.2) is 16.3 Å². The van der Waals surface area contributed by atoms with E-state index < -0.39 is 10.0 Å². The lowest BCUT2D eigenvalue weighted by molar-refractivity contribution is 0.358. The molecule has 0 radical (unpaired) electrons. The third kappa shape index (κ3) is 4.36. The van der Waals surface area contributed by atoms with Gasteiger partial charge in [-0.15, -0.1) is 11.3 Å². The summed E-state index contributed by atoms with van der Waals surface area (Å²) >= 11 is 1.22. The molecule has 17 heavy (non-hydrogen) atoms. The highest BCUT2D eigenvalue weighted by Crippen LogP contribution is 2.20. The average molecular weight is 277 g/mol. The zero-order valence-electron chi connectivity index (χ0n) is 10.1. The SMILES string of the molecule is CCN(C)CCNS(=O)(=O)c1ccc(CN)s1. The van der Waals surface area contributed by atoms with E-state index >= 15 is 0 Å². The Kier molecular flexibility index (Phi) is 5.54. The van der Waals surface area contributed by atoms with Gasteiger partial charge in [-0.3, -0.25) is 0 Å². The first-order valence-electron chi connectivity index (χ1n) is 5.46. The average Bonchev–Trinajstić information content (AvgIpc) is 2.77. The Hall–Kier alpha value is -0.470. The molecule has 0 aromatic carbocycles. The summed E-state index contributed by atoms with van der Waals surface area (Å²) in [6, 6.07) is 3.34. The molecule has 7 heteroatoms. The minimum absolute atomic E-state index is 0.331.